The largest absolute Gasteiger partial charge is 0.477 e. The lowest BCUT2D eigenvalue weighted by Crippen LogP contribution is -2.15. The van der Waals surface area contributed by atoms with Gasteiger partial charge >= 0.3 is 12.1 Å². The van der Waals surface area contributed by atoms with Crippen molar-refractivity contribution in [3.63, 3.8) is 0 Å². The standard InChI is InChI=1S/C9H8F3NO3S/c10-9(11,12)4-3-6(14)13-7-2-1-5(17-7)8(15)16/h1-2H,3-4H2,(H,13,14)(H,15,16). The van der Waals surface area contributed by atoms with Crippen LogP contribution in [0.3, 0.4) is 0 Å². The molecule has 4 nitrogen and oxygen atoms in total. The minimum Gasteiger partial charge on any atom is -0.477 e. The lowest BCUT2D eigenvalue weighted by atomic mass is 10.3. The maximum Gasteiger partial charge on any atom is 0.389 e. The molecule has 1 rings (SSSR count). The fourth-order valence-corrected chi connectivity index (χ4v) is 1.74. The smallest absolute Gasteiger partial charge is 0.389 e. The highest BCUT2D eigenvalue weighted by molar-refractivity contribution is 7.18. The Labute approximate surface area is 98.1 Å². The van der Waals surface area contributed by atoms with Gasteiger partial charge in [0.05, 0.1) is 11.4 Å². The van der Waals surface area contributed by atoms with Gasteiger partial charge in [-0.05, 0) is 12.1 Å². The highest BCUT2D eigenvalue weighted by Gasteiger charge is 2.27. The average molecular weight is 267 g/mol. The highest BCUT2D eigenvalue weighted by Crippen LogP contribution is 2.24. The van der Waals surface area contributed by atoms with Crippen LogP contribution in [-0.4, -0.2) is 23.2 Å². The van der Waals surface area contributed by atoms with Crippen LogP contribution in [-0.2, 0) is 4.79 Å². The van der Waals surface area contributed by atoms with Gasteiger partial charge < -0.3 is 10.4 Å². The number of thiophene rings is 1. The molecule has 0 aliphatic carbocycles. The van der Waals surface area contributed by atoms with Crippen molar-refractivity contribution in [3.05, 3.63) is 17.0 Å². The first kappa shape index (κ1) is 13.5. The van der Waals surface area contributed by atoms with Crippen molar-refractivity contribution in [1.29, 1.82) is 0 Å². The van der Waals surface area contributed by atoms with Crippen LogP contribution in [0.4, 0.5) is 18.2 Å². The Hall–Kier alpha value is -1.57. The molecule has 0 aliphatic heterocycles. The molecule has 0 atom stereocenters. The van der Waals surface area contributed by atoms with Crippen molar-refractivity contribution in [2.24, 2.45) is 0 Å². The zero-order valence-corrected chi connectivity index (χ0v) is 9.19. The number of hydrogen-bond acceptors (Lipinski definition) is 3. The third-order valence-corrected chi connectivity index (χ3v) is 2.70. The van der Waals surface area contributed by atoms with E-state index in [1.807, 2.05) is 0 Å². The fourth-order valence-electron chi connectivity index (χ4n) is 0.975. The first-order chi connectivity index (χ1) is 7.78. The fraction of sp³-hybridized carbons (Fsp3) is 0.333. The summed E-state index contributed by atoms with van der Waals surface area (Å²) < 4.78 is 35.4. The van der Waals surface area contributed by atoms with Gasteiger partial charge in [0.2, 0.25) is 5.91 Å². The Bertz CT molecular complexity index is 427. The number of carbonyl (C=O) groups is 2. The van der Waals surface area contributed by atoms with Crippen molar-refractivity contribution in [2.75, 3.05) is 5.32 Å². The summed E-state index contributed by atoms with van der Waals surface area (Å²) in [4.78, 5) is 21.6. The molecule has 1 aromatic rings. The van der Waals surface area contributed by atoms with Crippen molar-refractivity contribution in [2.45, 2.75) is 19.0 Å². The molecule has 0 aromatic carbocycles. The zero-order valence-electron chi connectivity index (χ0n) is 8.37. The van der Waals surface area contributed by atoms with E-state index < -0.39 is 30.9 Å². The second-order valence-corrected chi connectivity index (χ2v) is 4.22. The lowest BCUT2D eigenvalue weighted by molar-refractivity contribution is -0.142. The minimum absolute atomic E-state index is 0.0103. The number of aromatic carboxylic acids is 1. The number of alkyl halides is 3. The van der Waals surface area contributed by atoms with Crippen LogP contribution in [0.15, 0.2) is 12.1 Å². The summed E-state index contributed by atoms with van der Waals surface area (Å²) >= 11 is 0.790. The van der Waals surface area contributed by atoms with Crippen LogP contribution >= 0.6 is 11.3 Å². The summed E-state index contributed by atoms with van der Waals surface area (Å²) in [5.74, 6) is -1.94. The molecule has 0 fully saturated rings. The summed E-state index contributed by atoms with van der Waals surface area (Å²) in [6.45, 7) is 0. The average Bonchev–Trinajstić information content (AvgIpc) is 2.62. The summed E-state index contributed by atoms with van der Waals surface area (Å²) in [7, 11) is 0. The third kappa shape index (κ3) is 4.85. The zero-order chi connectivity index (χ0) is 13.1. The molecule has 94 valence electrons. The first-order valence-corrected chi connectivity index (χ1v) is 5.29. The lowest BCUT2D eigenvalue weighted by Gasteiger charge is -2.05. The van der Waals surface area contributed by atoms with Crippen LogP contribution in [0.25, 0.3) is 0 Å². The minimum atomic E-state index is -4.38. The number of anilines is 1. The SMILES string of the molecule is O=C(CCC(F)(F)F)Nc1ccc(C(=O)O)s1. The number of carboxylic acid groups (broad SMARTS) is 1. The van der Waals surface area contributed by atoms with Gasteiger partial charge in [0.1, 0.15) is 4.88 Å². The molecule has 0 saturated heterocycles. The maximum absolute atomic E-state index is 11.8. The van der Waals surface area contributed by atoms with Gasteiger partial charge in [0.25, 0.3) is 0 Å². The first-order valence-electron chi connectivity index (χ1n) is 4.47. The Kier molecular flexibility index (Phi) is 4.11. The van der Waals surface area contributed by atoms with E-state index in [1.165, 1.54) is 12.1 Å². The van der Waals surface area contributed by atoms with Gasteiger partial charge in [-0.3, -0.25) is 4.79 Å². The van der Waals surface area contributed by atoms with E-state index in [9.17, 15) is 22.8 Å². The summed E-state index contributed by atoms with van der Waals surface area (Å²) in [5, 5.41) is 11.0. The normalized spacial score (nSPS) is 11.2. The molecule has 0 unspecified atom stereocenters. The highest BCUT2D eigenvalue weighted by atomic mass is 32.1. The van der Waals surface area contributed by atoms with Crippen LogP contribution in [0, 0.1) is 0 Å². The van der Waals surface area contributed by atoms with E-state index in [0.717, 1.165) is 11.3 Å². The molecule has 0 saturated carbocycles. The van der Waals surface area contributed by atoms with E-state index >= 15 is 0 Å². The summed E-state index contributed by atoms with van der Waals surface area (Å²) in [6, 6.07) is 2.60. The van der Waals surface area contributed by atoms with Crippen molar-refractivity contribution >= 4 is 28.2 Å². The van der Waals surface area contributed by atoms with E-state index in [0.29, 0.717) is 0 Å². The van der Waals surface area contributed by atoms with E-state index in [1.54, 1.807) is 0 Å². The Morgan fingerprint density at radius 3 is 2.47 bits per heavy atom. The Balaban J connectivity index is 2.48. The van der Waals surface area contributed by atoms with Crippen LogP contribution in [0.1, 0.15) is 22.5 Å². The van der Waals surface area contributed by atoms with E-state index in [-0.39, 0.29) is 9.88 Å². The van der Waals surface area contributed by atoms with E-state index in [4.69, 9.17) is 5.11 Å². The Morgan fingerprint density at radius 1 is 1.35 bits per heavy atom. The molecule has 0 aliphatic rings. The van der Waals surface area contributed by atoms with E-state index in [2.05, 4.69) is 5.32 Å². The molecule has 0 bridgehead atoms. The number of carboxylic acids is 1. The topological polar surface area (TPSA) is 66.4 Å². The molecular weight excluding hydrogens is 259 g/mol. The van der Waals surface area contributed by atoms with Gasteiger partial charge in [-0.25, -0.2) is 4.79 Å². The van der Waals surface area contributed by atoms with Crippen molar-refractivity contribution < 1.29 is 27.9 Å². The molecular formula is C9H8F3NO3S. The quantitative estimate of drug-likeness (QED) is 0.881. The van der Waals surface area contributed by atoms with Crippen LogP contribution in [0.5, 0.6) is 0 Å². The van der Waals surface area contributed by atoms with Crippen molar-refractivity contribution in [1.82, 2.24) is 0 Å². The predicted octanol–water partition coefficient (Wildman–Crippen LogP) is 2.73. The molecule has 1 amide bonds. The van der Waals surface area contributed by atoms with Gasteiger partial charge in [-0.2, -0.15) is 13.2 Å². The van der Waals surface area contributed by atoms with Crippen LogP contribution in [0.2, 0.25) is 0 Å². The number of nitrogens with one attached hydrogen (secondary N) is 1. The van der Waals surface area contributed by atoms with Gasteiger partial charge in [-0.1, -0.05) is 0 Å². The summed E-state index contributed by atoms with van der Waals surface area (Å²) in [5.41, 5.74) is 0. The van der Waals surface area contributed by atoms with Gasteiger partial charge in [0, 0.05) is 6.42 Å². The third-order valence-electron chi connectivity index (χ3n) is 1.71. The molecule has 17 heavy (non-hydrogen) atoms. The monoisotopic (exact) mass is 267 g/mol. The molecule has 1 heterocycles. The number of halogens is 3. The van der Waals surface area contributed by atoms with Crippen molar-refractivity contribution in [3.8, 4) is 0 Å². The molecule has 2 N–H and O–H groups in total. The maximum atomic E-state index is 11.8. The Morgan fingerprint density at radius 2 is 2.00 bits per heavy atom. The number of rotatable bonds is 4. The predicted molar refractivity (Wildman–Crippen MR) is 55.2 cm³/mol. The molecule has 8 heteroatoms. The summed E-state index contributed by atoms with van der Waals surface area (Å²) in [6.07, 6.45) is -6.25. The van der Waals surface area contributed by atoms with Crippen LogP contribution < -0.4 is 5.32 Å². The number of amides is 1. The number of carbonyl (C=O) groups excluding carboxylic acids is 1. The molecule has 0 spiro atoms. The second-order valence-electron chi connectivity index (χ2n) is 3.13. The molecule has 1 aromatic heterocycles. The second kappa shape index (κ2) is 5.17. The van der Waals surface area contributed by atoms with Gasteiger partial charge in [-0.15, -0.1) is 11.3 Å². The number of hydrogen-bond donors (Lipinski definition) is 2. The van der Waals surface area contributed by atoms with Gasteiger partial charge in [0.15, 0.2) is 0 Å². The molecule has 0 radical (unpaired) electrons.